The molecule has 1 aliphatic heterocycles. The summed E-state index contributed by atoms with van der Waals surface area (Å²) < 4.78 is 1.16. The first-order valence-electron chi connectivity index (χ1n) is 10.9. The zero-order chi connectivity index (χ0) is 23.8. The minimum atomic E-state index is -0.478. The van der Waals surface area contributed by atoms with Gasteiger partial charge in [0, 0.05) is 53.9 Å². The van der Waals surface area contributed by atoms with Gasteiger partial charge in [0.1, 0.15) is 5.69 Å². The van der Waals surface area contributed by atoms with Gasteiger partial charge in [-0.25, -0.2) is 0 Å². The summed E-state index contributed by atoms with van der Waals surface area (Å²) in [6.45, 7) is 3.37. The van der Waals surface area contributed by atoms with Crippen LogP contribution in [0.15, 0.2) is 71.5 Å². The van der Waals surface area contributed by atoms with Crippen LogP contribution in [0.25, 0.3) is 27.7 Å². The van der Waals surface area contributed by atoms with Crippen LogP contribution >= 0.6 is 11.6 Å². The highest BCUT2D eigenvalue weighted by Crippen LogP contribution is 2.31. The Morgan fingerprint density at radius 3 is 2.29 bits per heavy atom. The van der Waals surface area contributed by atoms with Crippen LogP contribution in [0.5, 0.6) is 0 Å². The molecule has 0 bridgehead atoms. The molecule has 0 spiro atoms. The lowest BCUT2D eigenvalue weighted by molar-refractivity contribution is -0.384. The van der Waals surface area contributed by atoms with Gasteiger partial charge in [0.15, 0.2) is 0 Å². The predicted molar refractivity (Wildman–Crippen MR) is 134 cm³/mol. The molecule has 1 fully saturated rings. The Morgan fingerprint density at radius 2 is 1.62 bits per heavy atom. The molecule has 0 amide bonds. The van der Waals surface area contributed by atoms with Crippen molar-refractivity contribution in [3.8, 4) is 16.9 Å². The first-order chi connectivity index (χ1) is 16.4. The fourth-order valence-electron chi connectivity index (χ4n) is 4.27. The molecule has 0 unspecified atom stereocenters. The van der Waals surface area contributed by atoms with E-state index in [0.717, 1.165) is 42.1 Å². The fourth-order valence-corrected chi connectivity index (χ4v) is 4.40. The van der Waals surface area contributed by atoms with E-state index in [0.29, 0.717) is 21.5 Å². The molecule has 8 nitrogen and oxygen atoms in total. The molecule has 3 aromatic carbocycles. The van der Waals surface area contributed by atoms with Crippen LogP contribution in [0, 0.1) is 10.1 Å². The minimum Gasteiger partial charge on any atom is -0.369 e. The molecule has 0 atom stereocenters. The maximum atomic E-state index is 13.5. The van der Waals surface area contributed by atoms with E-state index in [1.165, 1.54) is 6.07 Å². The van der Waals surface area contributed by atoms with Gasteiger partial charge in [-0.1, -0.05) is 41.9 Å². The quantitative estimate of drug-likeness (QED) is 0.322. The van der Waals surface area contributed by atoms with Crippen molar-refractivity contribution in [2.45, 2.75) is 0 Å². The summed E-state index contributed by atoms with van der Waals surface area (Å²) in [5, 5.41) is 18.2. The number of benzene rings is 3. The second kappa shape index (κ2) is 8.89. The third-order valence-electron chi connectivity index (χ3n) is 6.17. The molecule has 0 radical (unpaired) electrons. The van der Waals surface area contributed by atoms with Crippen molar-refractivity contribution in [3.05, 3.63) is 92.2 Å². The number of rotatable bonds is 4. The van der Waals surface area contributed by atoms with Crippen LogP contribution < -0.4 is 10.5 Å². The maximum absolute atomic E-state index is 13.5. The second-order valence-corrected chi connectivity index (χ2v) is 8.77. The normalized spacial score (nSPS) is 14.5. The number of likely N-dealkylation sites (N-methyl/N-ethyl adjacent to an activating group) is 1. The van der Waals surface area contributed by atoms with E-state index in [2.05, 4.69) is 21.9 Å². The topological polar surface area (TPSA) is 84.5 Å². The summed E-state index contributed by atoms with van der Waals surface area (Å²) >= 11 is 6.07. The van der Waals surface area contributed by atoms with Gasteiger partial charge < -0.3 is 9.80 Å². The van der Waals surface area contributed by atoms with Crippen molar-refractivity contribution in [2.75, 3.05) is 38.1 Å². The zero-order valence-electron chi connectivity index (χ0n) is 18.5. The van der Waals surface area contributed by atoms with Crippen molar-refractivity contribution >= 4 is 33.7 Å². The molecule has 34 heavy (non-hydrogen) atoms. The monoisotopic (exact) mass is 475 g/mol. The molecule has 0 aliphatic carbocycles. The number of nitro benzene ring substituents is 1. The number of piperazine rings is 1. The van der Waals surface area contributed by atoms with Crippen molar-refractivity contribution in [1.29, 1.82) is 0 Å². The van der Waals surface area contributed by atoms with Gasteiger partial charge in [0.2, 0.25) is 0 Å². The van der Waals surface area contributed by atoms with Gasteiger partial charge in [0.25, 0.3) is 11.2 Å². The van der Waals surface area contributed by atoms with E-state index in [4.69, 9.17) is 11.6 Å². The molecule has 1 aliphatic rings. The van der Waals surface area contributed by atoms with Crippen LogP contribution in [0.3, 0.4) is 0 Å². The van der Waals surface area contributed by atoms with Crippen molar-refractivity contribution in [1.82, 2.24) is 14.7 Å². The predicted octanol–water partition coefficient (Wildman–Crippen LogP) is 4.37. The Balaban J connectivity index is 1.74. The second-order valence-electron chi connectivity index (χ2n) is 8.34. The van der Waals surface area contributed by atoms with Crippen LogP contribution in [-0.2, 0) is 0 Å². The van der Waals surface area contributed by atoms with Gasteiger partial charge in [-0.15, -0.1) is 0 Å². The number of nitro groups is 1. The van der Waals surface area contributed by atoms with Crippen LogP contribution in [0.2, 0.25) is 5.02 Å². The lowest BCUT2D eigenvalue weighted by atomic mass is 10.0. The fraction of sp³-hybridized carbons (Fsp3) is 0.200. The number of halogens is 1. The molecule has 1 saturated heterocycles. The van der Waals surface area contributed by atoms with Crippen molar-refractivity contribution in [2.24, 2.45) is 0 Å². The maximum Gasteiger partial charge on any atom is 0.295 e. The van der Waals surface area contributed by atoms with Gasteiger partial charge in [-0.2, -0.15) is 9.78 Å². The lowest BCUT2D eigenvalue weighted by Crippen LogP contribution is -2.44. The molecular weight excluding hydrogens is 454 g/mol. The van der Waals surface area contributed by atoms with E-state index < -0.39 is 10.5 Å². The summed E-state index contributed by atoms with van der Waals surface area (Å²) in [4.78, 5) is 29.3. The average molecular weight is 476 g/mol. The first-order valence-corrected chi connectivity index (χ1v) is 11.3. The van der Waals surface area contributed by atoms with Crippen LogP contribution in [0.4, 0.5) is 11.4 Å². The summed E-state index contributed by atoms with van der Waals surface area (Å²) in [6.07, 6.45) is 0. The van der Waals surface area contributed by atoms with Gasteiger partial charge in [0.05, 0.1) is 16.0 Å². The van der Waals surface area contributed by atoms with Crippen molar-refractivity contribution < 1.29 is 4.92 Å². The Kier molecular flexibility index (Phi) is 5.77. The average Bonchev–Trinajstić information content (AvgIpc) is 2.85. The van der Waals surface area contributed by atoms with Gasteiger partial charge in [-0.3, -0.25) is 14.9 Å². The summed E-state index contributed by atoms with van der Waals surface area (Å²) in [5.41, 5.74) is 1.69. The van der Waals surface area contributed by atoms with Gasteiger partial charge >= 0.3 is 0 Å². The van der Waals surface area contributed by atoms with Gasteiger partial charge in [-0.05, 0) is 37.4 Å². The highest BCUT2D eigenvalue weighted by atomic mass is 35.5. The molecular formula is C25H22ClN5O3. The highest BCUT2D eigenvalue weighted by molar-refractivity contribution is 6.30. The molecule has 9 heteroatoms. The Hall–Kier alpha value is -3.75. The van der Waals surface area contributed by atoms with E-state index in [9.17, 15) is 14.9 Å². The number of hydrogen-bond donors (Lipinski definition) is 0. The third kappa shape index (κ3) is 4.02. The minimum absolute atomic E-state index is 0.146. The standard InChI is InChI=1S/C25H22ClN5O3/c1-28-12-14-29(15-13-28)19-10-11-22(31(33)34)23(16-19)30-25(32)21-5-3-2-4-20(21)24(27-30)17-6-8-18(26)9-7-17/h2-11,16H,12-15H2,1H3. The zero-order valence-corrected chi connectivity index (χ0v) is 19.3. The van der Waals surface area contributed by atoms with Crippen LogP contribution in [0.1, 0.15) is 0 Å². The van der Waals surface area contributed by atoms with E-state index >= 15 is 0 Å². The Morgan fingerprint density at radius 1 is 0.941 bits per heavy atom. The molecule has 4 aromatic rings. The van der Waals surface area contributed by atoms with E-state index in [1.807, 2.05) is 24.3 Å². The lowest BCUT2D eigenvalue weighted by Gasteiger charge is -2.34. The number of aromatic nitrogens is 2. The number of hydrogen-bond acceptors (Lipinski definition) is 6. The number of anilines is 1. The summed E-state index contributed by atoms with van der Waals surface area (Å²) in [6, 6.07) is 19.2. The third-order valence-corrected chi connectivity index (χ3v) is 6.43. The summed E-state index contributed by atoms with van der Waals surface area (Å²) in [7, 11) is 2.06. The molecule has 5 rings (SSSR count). The molecule has 0 N–H and O–H groups in total. The Bertz CT molecular complexity index is 1440. The summed E-state index contributed by atoms with van der Waals surface area (Å²) in [5.74, 6) is 0. The molecule has 2 heterocycles. The SMILES string of the molecule is CN1CCN(c2ccc([N+](=O)[O-])c(-n3nc(-c4ccc(Cl)cc4)c4ccccc4c3=O)c2)CC1. The highest BCUT2D eigenvalue weighted by Gasteiger charge is 2.23. The van der Waals surface area contributed by atoms with E-state index in [-0.39, 0.29) is 11.4 Å². The molecule has 0 saturated carbocycles. The largest absolute Gasteiger partial charge is 0.369 e. The van der Waals surface area contributed by atoms with Crippen molar-refractivity contribution in [3.63, 3.8) is 0 Å². The number of fused-ring (bicyclic) bond motifs is 1. The number of nitrogens with zero attached hydrogens (tertiary/aromatic N) is 5. The van der Waals surface area contributed by atoms with Crippen LogP contribution in [-0.4, -0.2) is 52.8 Å². The first kappa shape index (κ1) is 22.1. The van der Waals surface area contributed by atoms with E-state index in [1.54, 1.807) is 36.4 Å². The Labute approximate surface area is 200 Å². The smallest absolute Gasteiger partial charge is 0.295 e. The molecule has 172 valence electrons. The molecule has 1 aromatic heterocycles.